The maximum absolute atomic E-state index is 13.5. The predicted octanol–water partition coefficient (Wildman–Crippen LogP) is 6.89. The van der Waals surface area contributed by atoms with Gasteiger partial charge in [0.15, 0.2) is 5.75 Å². The van der Waals surface area contributed by atoms with Crippen LogP contribution in [0, 0.1) is 11.3 Å². The molecule has 2 aromatic carbocycles. The summed E-state index contributed by atoms with van der Waals surface area (Å²) in [6.07, 6.45) is 8.70. The van der Waals surface area contributed by atoms with Crippen LogP contribution < -0.4 is 4.74 Å². The molecule has 38 heavy (non-hydrogen) atoms. The Morgan fingerprint density at radius 3 is 2.66 bits per heavy atom. The highest BCUT2D eigenvalue weighted by Crippen LogP contribution is 2.42. The van der Waals surface area contributed by atoms with Crippen LogP contribution in [0.1, 0.15) is 35.5 Å². The highest BCUT2D eigenvalue weighted by Gasteiger charge is 2.25. The van der Waals surface area contributed by atoms with E-state index in [4.69, 9.17) is 9.47 Å². The molecule has 0 spiro atoms. The number of alkyl halides is 1. The Kier molecular flexibility index (Phi) is 7.68. The van der Waals surface area contributed by atoms with E-state index >= 15 is 0 Å². The minimum absolute atomic E-state index is 0.127. The van der Waals surface area contributed by atoms with Crippen LogP contribution in [0.25, 0.3) is 10.1 Å². The first kappa shape index (κ1) is 26.2. The van der Waals surface area contributed by atoms with Gasteiger partial charge in [-0.1, -0.05) is 44.2 Å². The quantitative estimate of drug-likeness (QED) is 0.304. The highest BCUT2D eigenvalue weighted by molar-refractivity contribution is 7.21. The molecule has 1 aliphatic heterocycles. The maximum atomic E-state index is 13.5. The number of ketones is 1. The van der Waals surface area contributed by atoms with Crippen molar-refractivity contribution in [2.45, 2.75) is 20.3 Å². The Labute approximate surface area is 226 Å². The molecular weight excluding hydrogens is 501 g/mol. The molecule has 1 aromatic heterocycles. The largest absolute Gasteiger partial charge is 0.508 e. The minimum Gasteiger partial charge on any atom is -0.508 e. The van der Waals surface area contributed by atoms with Crippen LogP contribution in [0.15, 0.2) is 84.4 Å². The summed E-state index contributed by atoms with van der Waals surface area (Å²) in [6.45, 7) is 6.86. The monoisotopic (exact) mass is 533 g/mol. The average molecular weight is 534 g/mol. The molecule has 198 valence electrons. The van der Waals surface area contributed by atoms with Crippen molar-refractivity contribution in [3.8, 4) is 11.5 Å². The standard InChI is InChI=1S/C31H32FNO4S/c1-31(2)17-24(36-15-14-33-13-12-21(19-32)20-33)9-10-25(18-31)37-29-26-11-8-23(34)16-27(26)38-30(29)28(35)22-6-4-3-5-7-22/h3-11,16-18,21,34H,12-15,19-20H2,1-2H3/t21-/m1/s1. The van der Waals surface area contributed by atoms with Gasteiger partial charge in [0.05, 0.1) is 6.67 Å². The first-order valence-electron chi connectivity index (χ1n) is 12.9. The van der Waals surface area contributed by atoms with Crippen LogP contribution in [0.5, 0.6) is 11.5 Å². The van der Waals surface area contributed by atoms with E-state index < -0.39 is 0 Å². The molecule has 7 heteroatoms. The highest BCUT2D eigenvalue weighted by atomic mass is 32.1. The van der Waals surface area contributed by atoms with Crippen molar-refractivity contribution in [2.24, 2.45) is 11.3 Å². The summed E-state index contributed by atoms with van der Waals surface area (Å²) < 4.78 is 26.2. The maximum Gasteiger partial charge on any atom is 0.206 e. The Morgan fingerprint density at radius 2 is 1.89 bits per heavy atom. The van der Waals surface area contributed by atoms with E-state index in [0.29, 0.717) is 28.6 Å². The fourth-order valence-corrected chi connectivity index (χ4v) is 6.00. The molecule has 1 N–H and O–H groups in total. The van der Waals surface area contributed by atoms with Crippen LogP contribution in [-0.2, 0) is 4.74 Å². The van der Waals surface area contributed by atoms with Crippen molar-refractivity contribution < 1.29 is 23.8 Å². The molecule has 1 atom stereocenters. The molecule has 0 bridgehead atoms. The van der Waals surface area contributed by atoms with Crippen molar-refractivity contribution in [3.05, 3.63) is 94.8 Å². The normalized spacial score (nSPS) is 19.2. The van der Waals surface area contributed by atoms with Gasteiger partial charge >= 0.3 is 0 Å². The van der Waals surface area contributed by atoms with Crippen LogP contribution in [-0.4, -0.2) is 48.7 Å². The molecule has 3 aromatic rings. The second-order valence-corrected chi connectivity index (χ2v) is 11.5. The number of hydrogen-bond donors (Lipinski definition) is 1. The number of aromatic hydroxyl groups is 1. The number of carbonyl (C=O) groups excluding carboxylic acids is 1. The molecule has 2 aliphatic rings. The van der Waals surface area contributed by atoms with Gasteiger partial charge in [0, 0.05) is 40.1 Å². The third kappa shape index (κ3) is 6.00. The molecule has 1 aliphatic carbocycles. The van der Waals surface area contributed by atoms with Gasteiger partial charge in [0.1, 0.15) is 28.8 Å². The van der Waals surface area contributed by atoms with Gasteiger partial charge in [0.25, 0.3) is 0 Å². The number of thiophene rings is 1. The van der Waals surface area contributed by atoms with E-state index in [1.807, 2.05) is 42.5 Å². The lowest BCUT2D eigenvalue weighted by molar-refractivity contribution is 0.104. The van der Waals surface area contributed by atoms with Crippen molar-refractivity contribution in [1.82, 2.24) is 4.90 Å². The van der Waals surface area contributed by atoms with Gasteiger partial charge in [-0.05, 0) is 55.5 Å². The zero-order valence-electron chi connectivity index (χ0n) is 21.7. The number of halogens is 1. The topological polar surface area (TPSA) is 59.0 Å². The van der Waals surface area contributed by atoms with Gasteiger partial charge in [-0.3, -0.25) is 14.1 Å². The fourth-order valence-electron chi connectivity index (χ4n) is 4.87. The van der Waals surface area contributed by atoms with E-state index in [9.17, 15) is 14.3 Å². The number of ether oxygens (including phenoxy) is 2. The second-order valence-electron chi connectivity index (χ2n) is 10.4. The zero-order chi connectivity index (χ0) is 26.7. The summed E-state index contributed by atoms with van der Waals surface area (Å²) in [5, 5.41) is 10.8. The Bertz CT molecular complexity index is 1410. The third-order valence-electron chi connectivity index (χ3n) is 6.80. The summed E-state index contributed by atoms with van der Waals surface area (Å²) >= 11 is 1.31. The molecule has 0 saturated carbocycles. The number of hydrogen-bond acceptors (Lipinski definition) is 6. The first-order chi connectivity index (χ1) is 18.3. The number of carbonyl (C=O) groups is 1. The second kappa shape index (κ2) is 11.1. The number of rotatable bonds is 9. The third-order valence-corrected chi connectivity index (χ3v) is 7.93. The molecule has 0 unspecified atom stereocenters. The van der Waals surface area contributed by atoms with Crippen LogP contribution in [0.4, 0.5) is 4.39 Å². The average Bonchev–Trinajstić information content (AvgIpc) is 3.46. The summed E-state index contributed by atoms with van der Waals surface area (Å²) in [7, 11) is 0. The van der Waals surface area contributed by atoms with Gasteiger partial charge in [-0.25, -0.2) is 0 Å². The smallest absolute Gasteiger partial charge is 0.206 e. The summed E-state index contributed by atoms with van der Waals surface area (Å²) in [6, 6.07) is 14.2. The van der Waals surface area contributed by atoms with Crippen molar-refractivity contribution in [1.29, 1.82) is 0 Å². The lowest BCUT2D eigenvalue weighted by Gasteiger charge is -2.18. The van der Waals surface area contributed by atoms with E-state index in [0.717, 1.165) is 41.9 Å². The van der Waals surface area contributed by atoms with Gasteiger partial charge in [0.2, 0.25) is 5.78 Å². The fraction of sp³-hybridized carbons (Fsp3) is 0.323. The Balaban J connectivity index is 1.36. The van der Waals surface area contributed by atoms with E-state index in [1.54, 1.807) is 30.3 Å². The molecule has 1 fully saturated rings. The number of phenolic OH excluding ortho intramolecular Hbond substituents is 1. The van der Waals surface area contributed by atoms with Crippen LogP contribution in [0.3, 0.4) is 0 Å². The Morgan fingerprint density at radius 1 is 1.13 bits per heavy atom. The van der Waals surface area contributed by atoms with Crippen molar-refractivity contribution >= 4 is 27.2 Å². The molecule has 2 heterocycles. The SMILES string of the molecule is CC1(C)C=C(OCCN2CC[C@H](CF)C2)C=CC(Oc2c(C(=O)c3ccccc3)sc3cc(O)ccc23)=C1. The summed E-state index contributed by atoms with van der Waals surface area (Å²) in [5.74, 6) is 1.98. The van der Waals surface area contributed by atoms with Crippen molar-refractivity contribution in [2.75, 3.05) is 32.9 Å². The van der Waals surface area contributed by atoms with Gasteiger partial charge in [-0.15, -0.1) is 11.3 Å². The Hall–Kier alpha value is -3.42. The number of allylic oxidation sites excluding steroid dienone is 4. The van der Waals surface area contributed by atoms with E-state index in [2.05, 4.69) is 18.7 Å². The lowest BCUT2D eigenvalue weighted by atomic mass is 9.92. The molecule has 5 rings (SSSR count). The number of nitrogens with zero attached hydrogens (tertiary/aromatic N) is 1. The first-order valence-corrected chi connectivity index (χ1v) is 13.7. The van der Waals surface area contributed by atoms with E-state index in [-0.39, 0.29) is 29.5 Å². The number of phenols is 1. The van der Waals surface area contributed by atoms with Crippen molar-refractivity contribution in [3.63, 3.8) is 0 Å². The number of fused-ring (bicyclic) bond motifs is 1. The molecular formula is C31H32FNO4S. The molecule has 5 nitrogen and oxygen atoms in total. The van der Waals surface area contributed by atoms with E-state index in [1.165, 1.54) is 11.3 Å². The molecule has 0 radical (unpaired) electrons. The predicted molar refractivity (Wildman–Crippen MR) is 150 cm³/mol. The number of benzene rings is 2. The zero-order valence-corrected chi connectivity index (χ0v) is 22.5. The molecule has 1 saturated heterocycles. The van der Waals surface area contributed by atoms with Crippen LogP contribution in [0.2, 0.25) is 0 Å². The minimum atomic E-state index is -0.366. The number of likely N-dealkylation sites (tertiary alicyclic amines) is 1. The summed E-state index contributed by atoms with van der Waals surface area (Å²) in [4.78, 5) is 16.2. The lowest BCUT2D eigenvalue weighted by Crippen LogP contribution is -2.25. The summed E-state index contributed by atoms with van der Waals surface area (Å²) in [5.41, 5.74) is 0.210. The van der Waals surface area contributed by atoms with Gasteiger partial charge < -0.3 is 14.6 Å². The van der Waals surface area contributed by atoms with Crippen LogP contribution >= 0.6 is 11.3 Å². The van der Waals surface area contributed by atoms with Gasteiger partial charge in [-0.2, -0.15) is 0 Å². The molecule has 0 amide bonds.